The van der Waals surface area contributed by atoms with Crippen LogP contribution in [-0.4, -0.2) is 20.3 Å². The topological polar surface area (TPSA) is 58.5 Å². The van der Waals surface area contributed by atoms with Crippen molar-refractivity contribution in [2.45, 2.75) is 59.9 Å². The Morgan fingerprint density at radius 1 is 1.08 bits per heavy atom. The van der Waals surface area contributed by atoms with Crippen LogP contribution in [-0.2, 0) is 10.0 Å². The number of hydrogen-bond donors (Lipinski definition) is 1. The van der Waals surface area contributed by atoms with Gasteiger partial charge in [0.1, 0.15) is 10.7 Å². The molecular formula is C20H28N2O2S. The second kappa shape index (κ2) is 6.60. The monoisotopic (exact) mass is 360 g/mol. The molecule has 0 saturated heterocycles. The van der Waals surface area contributed by atoms with E-state index in [2.05, 4.69) is 18.6 Å². The normalized spacial score (nSPS) is 30.6. The molecule has 1 aromatic rings. The third kappa shape index (κ3) is 3.39. The van der Waals surface area contributed by atoms with Crippen molar-refractivity contribution < 1.29 is 8.42 Å². The Kier molecular flexibility index (Phi) is 4.80. The van der Waals surface area contributed by atoms with Crippen LogP contribution < -0.4 is 4.72 Å². The summed E-state index contributed by atoms with van der Waals surface area (Å²) in [7, 11) is -3.55. The zero-order valence-corrected chi connectivity index (χ0v) is 16.6. The summed E-state index contributed by atoms with van der Waals surface area (Å²) < 4.78 is 28.1. The van der Waals surface area contributed by atoms with Crippen LogP contribution in [0, 0.1) is 25.7 Å². The van der Waals surface area contributed by atoms with Crippen molar-refractivity contribution in [3.05, 3.63) is 40.5 Å². The van der Waals surface area contributed by atoms with E-state index in [0.717, 1.165) is 35.1 Å². The maximum Gasteiger partial charge on any atom is 0.264 e. The first-order valence-electron chi connectivity index (χ1n) is 9.10. The molecule has 3 rings (SSSR count). The summed E-state index contributed by atoms with van der Waals surface area (Å²) in [4.78, 5) is 5.19. The van der Waals surface area contributed by atoms with E-state index in [1.54, 1.807) is 0 Å². The van der Waals surface area contributed by atoms with Crippen LogP contribution in [0.2, 0.25) is 0 Å². The average molecular weight is 361 g/mol. The van der Waals surface area contributed by atoms with Gasteiger partial charge < -0.3 is 0 Å². The molecule has 25 heavy (non-hydrogen) atoms. The van der Waals surface area contributed by atoms with Gasteiger partial charge in [-0.15, -0.1) is 0 Å². The molecule has 0 spiro atoms. The molecule has 1 fully saturated rings. The fraction of sp³-hybridized carbons (Fsp3) is 0.550. The standard InChI is InChI=1S/C20H28N2O2S/c1-12-9-10-17(11-14(12)3)19-16(5)20(22-25(19,23)24)21-18-8-6-7-13(2)15(18)4/h9-11,13,15,18H,6-8H2,1-5H3,(H,21,22)/t13-,15+,18+/m0/s1. The minimum atomic E-state index is -3.55. The Balaban J connectivity index is 2.02. The van der Waals surface area contributed by atoms with E-state index in [9.17, 15) is 8.42 Å². The smallest absolute Gasteiger partial charge is 0.264 e. The molecule has 3 atom stereocenters. The highest BCUT2D eigenvalue weighted by Crippen LogP contribution is 2.34. The quantitative estimate of drug-likeness (QED) is 0.859. The largest absolute Gasteiger partial charge is 0.264 e. The summed E-state index contributed by atoms with van der Waals surface area (Å²) in [6.07, 6.45) is 3.42. The molecule has 5 heteroatoms. The first-order chi connectivity index (χ1) is 11.7. The molecule has 136 valence electrons. The summed E-state index contributed by atoms with van der Waals surface area (Å²) in [6, 6.07) is 5.99. The molecule has 1 aliphatic heterocycles. The number of aliphatic imine (C=N–C) groups is 1. The number of aryl methyl sites for hydroxylation is 2. The highest BCUT2D eigenvalue weighted by molar-refractivity contribution is 8.00. The predicted octanol–water partition coefficient (Wildman–Crippen LogP) is 4.19. The van der Waals surface area contributed by atoms with Gasteiger partial charge in [-0.25, -0.2) is 8.42 Å². The molecule has 0 amide bonds. The Morgan fingerprint density at radius 2 is 1.80 bits per heavy atom. The summed E-state index contributed by atoms with van der Waals surface area (Å²) in [5.74, 6) is 1.63. The van der Waals surface area contributed by atoms with E-state index in [1.165, 1.54) is 6.42 Å². The van der Waals surface area contributed by atoms with Gasteiger partial charge in [-0.1, -0.05) is 44.9 Å². The van der Waals surface area contributed by atoms with Crippen LogP contribution in [0.15, 0.2) is 28.8 Å². The van der Waals surface area contributed by atoms with Crippen LogP contribution in [0.1, 0.15) is 56.7 Å². The number of hydrogen-bond acceptors (Lipinski definition) is 3. The van der Waals surface area contributed by atoms with Gasteiger partial charge >= 0.3 is 0 Å². The third-order valence-corrected chi connectivity index (χ3v) is 7.46. The fourth-order valence-corrected chi connectivity index (χ4v) is 5.34. The van der Waals surface area contributed by atoms with Crippen molar-refractivity contribution >= 4 is 20.8 Å². The highest BCUT2D eigenvalue weighted by Gasteiger charge is 2.34. The molecule has 0 unspecified atom stereocenters. The van der Waals surface area contributed by atoms with Crippen molar-refractivity contribution in [3.8, 4) is 0 Å². The second-order valence-electron chi connectivity index (χ2n) is 7.67. The van der Waals surface area contributed by atoms with Crippen molar-refractivity contribution in [1.82, 2.24) is 4.72 Å². The molecule has 1 aliphatic carbocycles. The molecule has 1 heterocycles. The lowest BCUT2D eigenvalue weighted by molar-refractivity contribution is 0.241. The SMILES string of the molecule is CC1=C(c2ccc(C)c(C)c2)S(=O)(=O)NC1=N[C@@H]1CCC[C@H](C)[C@H]1C. The predicted molar refractivity (Wildman–Crippen MR) is 104 cm³/mol. The fourth-order valence-electron chi connectivity index (χ4n) is 3.84. The summed E-state index contributed by atoms with van der Waals surface area (Å²) in [6.45, 7) is 10.4. The van der Waals surface area contributed by atoms with Gasteiger partial charge in [-0.3, -0.25) is 9.71 Å². The summed E-state index contributed by atoms with van der Waals surface area (Å²) in [5.41, 5.74) is 3.72. The van der Waals surface area contributed by atoms with Crippen molar-refractivity contribution in [3.63, 3.8) is 0 Å². The molecule has 4 nitrogen and oxygen atoms in total. The molecular weight excluding hydrogens is 332 g/mol. The minimum absolute atomic E-state index is 0.190. The van der Waals surface area contributed by atoms with Crippen LogP contribution in [0.25, 0.3) is 4.91 Å². The van der Waals surface area contributed by atoms with E-state index < -0.39 is 10.0 Å². The van der Waals surface area contributed by atoms with Crippen molar-refractivity contribution in [2.24, 2.45) is 16.8 Å². The molecule has 1 N–H and O–H groups in total. The first-order valence-corrected chi connectivity index (χ1v) is 10.6. The number of nitrogens with zero attached hydrogens (tertiary/aromatic N) is 1. The highest BCUT2D eigenvalue weighted by atomic mass is 32.2. The van der Waals surface area contributed by atoms with Crippen molar-refractivity contribution in [1.29, 1.82) is 0 Å². The number of benzene rings is 1. The lowest BCUT2D eigenvalue weighted by Gasteiger charge is -2.31. The number of rotatable bonds is 2. The molecule has 1 saturated carbocycles. The van der Waals surface area contributed by atoms with E-state index in [4.69, 9.17) is 4.99 Å². The van der Waals surface area contributed by atoms with E-state index in [1.807, 2.05) is 39.0 Å². The Morgan fingerprint density at radius 3 is 2.48 bits per heavy atom. The summed E-state index contributed by atoms with van der Waals surface area (Å²) in [5, 5.41) is 0. The van der Waals surface area contributed by atoms with Gasteiger partial charge in [0, 0.05) is 5.57 Å². The Labute approximate surface area is 151 Å². The lowest BCUT2D eigenvalue weighted by atomic mass is 9.78. The summed E-state index contributed by atoms with van der Waals surface area (Å²) >= 11 is 0. The lowest BCUT2D eigenvalue weighted by Crippen LogP contribution is -2.31. The molecule has 0 aromatic heterocycles. The van der Waals surface area contributed by atoms with Crippen LogP contribution in [0.4, 0.5) is 0 Å². The molecule has 0 bridgehead atoms. The first kappa shape index (κ1) is 18.2. The number of amidine groups is 1. The molecule has 2 aliphatic rings. The Bertz CT molecular complexity index is 852. The van der Waals surface area contributed by atoms with E-state index in [0.29, 0.717) is 22.6 Å². The maximum atomic E-state index is 12.7. The van der Waals surface area contributed by atoms with Crippen molar-refractivity contribution in [2.75, 3.05) is 0 Å². The van der Waals surface area contributed by atoms with Gasteiger partial charge in [-0.2, -0.15) is 0 Å². The van der Waals surface area contributed by atoms with Gasteiger partial charge in [-0.05, 0) is 55.7 Å². The van der Waals surface area contributed by atoms with Gasteiger partial charge in [0.25, 0.3) is 10.0 Å². The Hall–Kier alpha value is -1.62. The maximum absolute atomic E-state index is 12.7. The zero-order valence-electron chi connectivity index (χ0n) is 15.8. The van der Waals surface area contributed by atoms with Crippen LogP contribution >= 0.6 is 0 Å². The molecule has 1 aromatic carbocycles. The third-order valence-electron chi connectivity index (χ3n) is 5.92. The van der Waals surface area contributed by atoms with Crippen LogP contribution in [0.3, 0.4) is 0 Å². The zero-order chi connectivity index (χ0) is 18.4. The number of sulfonamides is 1. The number of nitrogens with one attached hydrogen (secondary N) is 1. The van der Waals surface area contributed by atoms with Crippen LogP contribution in [0.5, 0.6) is 0 Å². The van der Waals surface area contributed by atoms with Gasteiger partial charge in [0.2, 0.25) is 0 Å². The molecule has 0 radical (unpaired) electrons. The van der Waals surface area contributed by atoms with E-state index >= 15 is 0 Å². The minimum Gasteiger partial charge on any atom is -0.264 e. The van der Waals surface area contributed by atoms with Gasteiger partial charge in [0.05, 0.1) is 6.04 Å². The second-order valence-corrected chi connectivity index (χ2v) is 9.29. The van der Waals surface area contributed by atoms with E-state index in [-0.39, 0.29) is 6.04 Å². The average Bonchev–Trinajstić information content (AvgIpc) is 2.76. The van der Waals surface area contributed by atoms with Gasteiger partial charge in [0.15, 0.2) is 0 Å².